The second kappa shape index (κ2) is 16.4. The van der Waals surface area contributed by atoms with E-state index in [0.717, 1.165) is 77.2 Å². The van der Waals surface area contributed by atoms with Crippen molar-refractivity contribution < 1.29 is 33.0 Å². The summed E-state index contributed by atoms with van der Waals surface area (Å²) in [5.41, 5.74) is 1.74. The summed E-state index contributed by atoms with van der Waals surface area (Å²) < 4.78 is 38.5. The number of aromatic nitrogens is 4. The minimum Gasteiger partial charge on any atom is -0.508 e. The molecule has 16 heteroatoms. The van der Waals surface area contributed by atoms with Crippen molar-refractivity contribution >= 4 is 50.9 Å². The third-order valence-electron chi connectivity index (χ3n) is 12.6. The molecule has 2 atom stereocenters. The van der Waals surface area contributed by atoms with Crippen LogP contribution in [0.25, 0.3) is 32.9 Å². The maximum Gasteiger partial charge on any atom is 0.319 e. The molecule has 5 aromatic rings. The molecule has 3 aliphatic heterocycles. The van der Waals surface area contributed by atoms with Crippen LogP contribution in [0.2, 0.25) is 0 Å². The molecule has 3 aromatic heterocycles. The molecule has 318 valence electrons. The topological polar surface area (TPSA) is 166 Å². The average molecular weight is 834 g/mol. The van der Waals surface area contributed by atoms with Crippen molar-refractivity contribution in [2.45, 2.75) is 64.8 Å². The number of imide groups is 1. The van der Waals surface area contributed by atoms with E-state index in [0.29, 0.717) is 52.0 Å². The number of carbonyl (C=O) groups is 3. The molecule has 1 unspecified atom stereocenters. The molecule has 1 saturated carbocycles. The van der Waals surface area contributed by atoms with Gasteiger partial charge in [-0.1, -0.05) is 19.9 Å². The van der Waals surface area contributed by atoms with E-state index >= 15 is 8.78 Å². The second-order valence-corrected chi connectivity index (χ2v) is 17.1. The molecule has 2 aromatic carbocycles. The van der Waals surface area contributed by atoms with E-state index in [9.17, 15) is 19.5 Å². The van der Waals surface area contributed by atoms with Gasteiger partial charge < -0.3 is 25.0 Å². The number of pyridine rings is 2. The van der Waals surface area contributed by atoms with Crippen molar-refractivity contribution in [2.75, 3.05) is 62.2 Å². The van der Waals surface area contributed by atoms with E-state index in [-0.39, 0.29) is 52.8 Å². The number of benzene rings is 2. The van der Waals surface area contributed by atoms with E-state index in [4.69, 9.17) is 9.72 Å². The highest BCUT2D eigenvalue weighted by Gasteiger charge is 2.45. The lowest BCUT2D eigenvalue weighted by Gasteiger charge is -2.37. The molecule has 1 aliphatic carbocycles. The van der Waals surface area contributed by atoms with Crippen LogP contribution in [0, 0.1) is 23.0 Å². The number of piperidine rings is 2. The first-order chi connectivity index (χ1) is 29.5. The Morgan fingerprint density at radius 2 is 1.82 bits per heavy atom. The predicted molar refractivity (Wildman–Crippen MR) is 226 cm³/mol. The van der Waals surface area contributed by atoms with Crippen molar-refractivity contribution in [3.05, 3.63) is 71.7 Å². The number of aryl methyl sites for hydroxylation is 1. The number of halogens is 2. The van der Waals surface area contributed by atoms with Crippen molar-refractivity contribution in [3.63, 3.8) is 0 Å². The van der Waals surface area contributed by atoms with Crippen LogP contribution in [-0.4, -0.2) is 106 Å². The van der Waals surface area contributed by atoms with E-state index in [2.05, 4.69) is 47.2 Å². The van der Waals surface area contributed by atoms with Crippen LogP contribution in [-0.2, 0) is 16.0 Å². The smallest absolute Gasteiger partial charge is 0.319 e. The molecule has 4 aliphatic rings. The number of nitrogens with zero attached hydrogens (tertiary/aromatic N) is 7. The van der Waals surface area contributed by atoms with Crippen LogP contribution in [0.4, 0.5) is 20.3 Å². The number of phenols is 1. The summed E-state index contributed by atoms with van der Waals surface area (Å²) in [6.45, 7) is 9.90. The normalized spacial score (nSPS) is 20.5. The number of phenolic OH excluding ortho intramolecular Hbond substituents is 1. The number of rotatable bonds is 11. The third kappa shape index (κ3) is 8.24. The van der Waals surface area contributed by atoms with Crippen LogP contribution in [0.1, 0.15) is 68.4 Å². The van der Waals surface area contributed by atoms with Crippen molar-refractivity contribution in [1.82, 2.24) is 35.5 Å². The number of amides is 3. The Bertz CT molecular complexity index is 2530. The highest BCUT2D eigenvalue weighted by molar-refractivity contribution is 6.04. The highest BCUT2D eigenvalue weighted by Crippen LogP contribution is 2.47. The van der Waals surface area contributed by atoms with Gasteiger partial charge in [-0.3, -0.25) is 29.6 Å². The molecule has 3 N–H and O–H groups in total. The molecular weight excluding hydrogens is 785 g/mol. The Hall–Kier alpha value is -6.03. The Labute approximate surface area is 351 Å². The largest absolute Gasteiger partial charge is 0.508 e. The van der Waals surface area contributed by atoms with Gasteiger partial charge >= 0.3 is 6.01 Å². The lowest BCUT2D eigenvalue weighted by Crippen LogP contribution is -2.52. The number of hydrogen-bond acceptors (Lipinski definition) is 12. The predicted octanol–water partition coefficient (Wildman–Crippen LogP) is 5.54. The van der Waals surface area contributed by atoms with Crippen LogP contribution < -0.4 is 25.2 Å². The maximum atomic E-state index is 17.0. The Morgan fingerprint density at radius 1 is 1.00 bits per heavy atom. The number of nitrogens with one attached hydrogen (secondary N) is 2. The number of fused-ring (bicyclic) bond motifs is 2. The zero-order chi connectivity index (χ0) is 42.4. The van der Waals surface area contributed by atoms with Crippen LogP contribution in [0.3, 0.4) is 0 Å². The quantitative estimate of drug-likeness (QED) is 0.143. The fourth-order valence-electron chi connectivity index (χ4n) is 9.08. The first kappa shape index (κ1) is 40.4. The molecule has 0 spiro atoms. The molecule has 0 bridgehead atoms. The van der Waals surface area contributed by atoms with Gasteiger partial charge in [0.15, 0.2) is 5.82 Å². The van der Waals surface area contributed by atoms with Gasteiger partial charge in [-0.25, -0.2) is 13.8 Å². The first-order valence-electron chi connectivity index (χ1n) is 21.2. The molecular formula is C45H49F2N9O5. The van der Waals surface area contributed by atoms with Crippen LogP contribution >= 0.6 is 0 Å². The van der Waals surface area contributed by atoms with Crippen molar-refractivity contribution in [1.29, 1.82) is 0 Å². The second-order valence-electron chi connectivity index (χ2n) is 17.1. The molecule has 14 nitrogen and oxygen atoms in total. The van der Waals surface area contributed by atoms with Gasteiger partial charge in [0.25, 0.3) is 5.91 Å². The standard InChI is InChI=1S/C45H49F2N9O5/c1-3-30-33(46)8-6-27-19-29(57)20-31(37(27)30)39-38(47)40-32(22-49-39)41(56-14-4-5-26(2)23-56)53-44(52-40)61-25-45(12-13-45)24-54-15-17-55(18-16-54)28-7-9-34(48-21-28)42(59)50-35-10-11-36(58)51-43(35)60/h6-9,19-22,26,35,57H,3-5,10-18,23-25H2,1-2H3,(H,50,59)(H,51,58,60)/t26-,35?/m0/s1. The third-order valence-corrected chi connectivity index (χ3v) is 12.6. The number of hydrogen-bond donors (Lipinski definition) is 3. The number of anilines is 2. The Morgan fingerprint density at radius 3 is 2.54 bits per heavy atom. The van der Waals surface area contributed by atoms with Crippen molar-refractivity contribution in [2.24, 2.45) is 11.3 Å². The Balaban J connectivity index is 0.899. The summed E-state index contributed by atoms with van der Waals surface area (Å²) in [5.74, 6) is -1.49. The van der Waals surface area contributed by atoms with E-state index in [1.54, 1.807) is 30.6 Å². The van der Waals surface area contributed by atoms with Crippen LogP contribution in [0.5, 0.6) is 11.8 Å². The number of aromatic hydroxyl groups is 1. The number of piperazine rings is 1. The van der Waals surface area contributed by atoms with Crippen molar-refractivity contribution in [3.8, 4) is 23.0 Å². The number of ether oxygens (including phenoxy) is 1. The van der Waals surface area contributed by atoms with E-state index in [1.165, 1.54) is 12.1 Å². The lowest BCUT2D eigenvalue weighted by molar-refractivity contribution is -0.134. The average Bonchev–Trinajstić information content (AvgIpc) is 4.03. The van der Waals surface area contributed by atoms with Gasteiger partial charge in [-0.2, -0.15) is 9.97 Å². The summed E-state index contributed by atoms with van der Waals surface area (Å²) in [6, 6.07) is 8.75. The van der Waals surface area contributed by atoms with Gasteiger partial charge in [-0.05, 0) is 91.1 Å². The van der Waals surface area contributed by atoms with Crippen LogP contribution in [0.15, 0.2) is 48.8 Å². The molecule has 3 amide bonds. The minimum atomic E-state index is -0.767. The molecule has 61 heavy (non-hydrogen) atoms. The molecule has 6 heterocycles. The number of carbonyl (C=O) groups excluding carboxylic acids is 3. The van der Waals surface area contributed by atoms with Gasteiger partial charge in [0.05, 0.1) is 23.9 Å². The lowest BCUT2D eigenvalue weighted by atomic mass is 9.94. The highest BCUT2D eigenvalue weighted by atomic mass is 19.1. The first-order valence-corrected chi connectivity index (χ1v) is 21.2. The fraction of sp³-hybridized carbons (Fsp3) is 0.444. The summed E-state index contributed by atoms with van der Waals surface area (Å²) in [4.78, 5) is 61.6. The fourth-order valence-corrected chi connectivity index (χ4v) is 9.08. The molecule has 3 saturated heterocycles. The van der Waals surface area contributed by atoms with Gasteiger partial charge in [0, 0.05) is 69.4 Å². The van der Waals surface area contributed by atoms with Gasteiger partial charge in [0.2, 0.25) is 11.8 Å². The monoisotopic (exact) mass is 833 g/mol. The van der Waals surface area contributed by atoms with Gasteiger partial charge in [0.1, 0.15) is 40.3 Å². The molecule has 4 fully saturated rings. The summed E-state index contributed by atoms with van der Waals surface area (Å²) in [5, 5.41) is 17.1. The Kier molecular flexibility index (Phi) is 10.9. The molecule has 0 radical (unpaired) electrons. The summed E-state index contributed by atoms with van der Waals surface area (Å²) >= 11 is 0. The SMILES string of the molecule is CCc1c(F)ccc2cc(O)cc(-c3ncc4c(N5CCC[C@H](C)C5)nc(OCC5(CN6CCN(c7ccc(C(=O)NC8CCC(=O)NC8=O)nc7)CC6)CC5)nc4c3F)c12. The zero-order valence-electron chi connectivity index (χ0n) is 34.3. The summed E-state index contributed by atoms with van der Waals surface area (Å²) in [7, 11) is 0. The maximum absolute atomic E-state index is 17.0. The van der Waals surface area contributed by atoms with E-state index in [1.807, 2.05) is 13.0 Å². The molecule has 9 rings (SSSR count). The summed E-state index contributed by atoms with van der Waals surface area (Å²) in [6.07, 6.45) is 8.07. The minimum absolute atomic E-state index is 0.0314. The van der Waals surface area contributed by atoms with E-state index < -0.39 is 29.5 Å². The zero-order valence-corrected chi connectivity index (χ0v) is 34.3. The van der Waals surface area contributed by atoms with Gasteiger partial charge in [-0.15, -0.1) is 0 Å².